The first-order chi connectivity index (χ1) is 19.1. The van der Waals surface area contributed by atoms with Gasteiger partial charge in [0.1, 0.15) is 17.2 Å². The van der Waals surface area contributed by atoms with Gasteiger partial charge in [-0.15, -0.1) is 0 Å². The summed E-state index contributed by atoms with van der Waals surface area (Å²) in [4.78, 5) is 16.3. The van der Waals surface area contributed by atoms with E-state index >= 15 is 0 Å². The van der Waals surface area contributed by atoms with Crippen LogP contribution in [0.25, 0.3) is 11.5 Å². The van der Waals surface area contributed by atoms with Crippen molar-refractivity contribution in [2.24, 2.45) is 0 Å². The summed E-state index contributed by atoms with van der Waals surface area (Å²) in [5.74, 6) is 0.644. The number of carboxylic acids is 1. The number of nitrogens with zero attached hydrogens (tertiary/aromatic N) is 1. The first kappa shape index (κ1) is 29.6. The number of halogens is 3. The highest BCUT2D eigenvalue weighted by Gasteiger charge is 2.30. The number of aryl methyl sites for hydroxylation is 1. The minimum atomic E-state index is -4.44. The molecule has 0 radical (unpaired) electrons. The number of rotatable bonds is 12. The fraction of sp³-hybridized carbons (Fsp3) is 0.448. The lowest BCUT2D eigenvalue weighted by Crippen LogP contribution is -2.34. The Balaban J connectivity index is 1.25. The molecule has 4 rings (SSSR count). The number of oxazole rings is 1. The Morgan fingerprint density at radius 2 is 1.82 bits per heavy atom. The molecule has 1 aliphatic carbocycles. The van der Waals surface area contributed by atoms with E-state index in [-0.39, 0.29) is 32.0 Å². The zero-order valence-electron chi connectivity index (χ0n) is 22.3. The van der Waals surface area contributed by atoms with Crippen molar-refractivity contribution in [1.29, 1.82) is 0 Å². The first-order valence-electron chi connectivity index (χ1n) is 13.0. The summed E-state index contributed by atoms with van der Waals surface area (Å²) in [5, 5.41) is 9.53. The predicted octanol–water partition coefficient (Wildman–Crippen LogP) is 6.19. The Labute approximate surface area is 230 Å². The van der Waals surface area contributed by atoms with Crippen LogP contribution in [-0.4, -0.2) is 48.1 Å². The van der Waals surface area contributed by atoms with Crippen molar-refractivity contribution in [3.8, 4) is 17.2 Å². The Bertz CT molecular complexity index is 1260. The van der Waals surface area contributed by atoms with Gasteiger partial charge >= 0.3 is 12.1 Å². The fourth-order valence-electron chi connectivity index (χ4n) is 4.44. The predicted molar refractivity (Wildman–Crippen MR) is 138 cm³/mol. The van der Waals surface area contributed by atoms with Gasteiger partial charge < -0.3 is 28.5 Å². The van der Waals surface area contributed by atoms with Crippen molar-refractivity contribution in [2.45, 2.75) is 70.3 Å². The molecule has 40 heavy (non-hydrogen) atoms. The zero-order chi connectivity index (χ0) is 28.7. The smallest absolute Gasteiger partial charge is 0.416 e. The molecular weight excluding hydrogens is 531 g/mol. The summed E-state index contributed by atoms with van der Waals surface area (Å²) in [7, 11) is 1.60. The number of carboxylic acid groups (broad SMARTS) is 1. The second kappa shape index (κ2) is 13.3. The number of methoxy groups -OCH3 is 1. The van der Waals surface area contributed by atoms with Gasteiger partial charge in [0.15, 0.2) is 6.10 Å². The lowest BCUT2D eigenvalue weighted by molar-refractivity contribution is -0.159. The second-order valence-electron chi connectivity index (χ2n) is 9.64. The van der Waals surface area contributed by atoms with Crippen LogP contribution in [0, 0.1) is 6.92 Å². The quantitative estimate of drug-likeness (QED) is 0.278. The molecule has 11 heteroatoms. The molecular formula is C29H32F3NO7. The molecule has 0 saturated heterocycles. The van der Waals surface area contributed by atoms with E-state index in [1.54, 1.807) is 7.11 Å². The van der Waals surface area contributed by atoms with Gasteiger partial charge in [-0.05, 0) is 68.5 Å². The van der Waals surface area contributed by atoms with Gasteiger partial charge in [-0.3, -0.25) is 0 Å². The third kappa shape index (κ3) is 8.06. The topological polar surface area (TPSA) is 100 Å². The molecule has 1 heterocycles. The number of benzene rings is 2. The summed E-state index contributed by atoms with van der Waals surface area (Å²) in [5.41, 5.74) is 1.15. The molecule has 8 nitrogen and oxygen atoms in total. The summed E-state index contributed by atoms with van der Waals surface area (Å²) < 4.78 is 66.7. The van der Waals surface area contributed by atoms with Crippen LogP contribution in [0.1, 0.15) is 48.3 Å². The van der Waals surface area contributed by atoms with E-state index in [2.05, 4.69) is 4.98 Å². The summed E-state index contributed by atoms with van der Waals surface area (Å²) in [6.07, 6.45) is -2.95. The largest absolute Gasteiger partial charge is 0.497 e. The molecule has 1 fully saturated rings. The van der Waals surface area contributed by atoms with Crippen molar-refractivity contribution >= 4 is 5.97 Å². The third-order valence-electron chi connectivity index (χ3n) is 6.73. The highest BCUT2D eigenvalue weighted by atomic mass is 19.4. The summed E-state index contributed by atoms with van der Waals surface area (Å²) in [6, 6.07) is 11.8. The lowest BCUT2D eigenvalue weighted by atomic mass is 9.95. The van der Waals surface area contributed by atoms with Gasteiger partial charge in [0, 0.05) is 5.56 Å². The Morgan fingerprint density at radius 3 is 2.50 bits per heavy atom. The molecule has 216 valence electrons. The number of alkyl halides is 3. The van der Waals surface area contributed by atoms with Crippen molar-refractivity contribution in [1.82, 2.24) is 4.98 Å². The molecule has 0 aliphatic heterocycles. The van der Waals surface area contributed by atoms with Gasteiger partial charge in [-0.2, -0.15) is 13.2 Å². The fourth-order valence-corrected chi connectivity index (χ4v) is 4.44. The Hall–Kier alpha value is -3.41. The molecule has 0 unspecified atom stereocenters. The van der Waals surface area contributed by atoms with E-state index in [9.17, 15) is 23.1 Å². The van der Waals surface area contributed by atoms with Gasteiger partial charge in [0.2, 0.25) is 5.89 Å². The summed E-state index contributed by atoms with van der Waals surface area (Å²) in [6.45, 7) is 1.77. The van der Waals surface area contributed by atoms with E-state index in [0.717, 1.165) is 37.0 Å². The van der Waals surface area contributed by atoms with Gasteiger partial charge in [0.25, 0.3) is 0 Å². The molecule has 2 aromatic carbocycles. The number of hydrogen-bond acceptors (Lipinski definition) is 7. The minimum Gasteiger partial charge on any atom is -0.497 e. The number of aliphatic carboxylic acids is 1. The lowest BCUT2D eigenvalue weighted by Gasteiger charge is -2.29. The molecule has 1 aliphatic rings. The van der Waals surface area contributed by atoms with Crippen LogP contribution in [0.4, 0.5) is 13.2 Å². The van der Waals surface area contributed by atoms with Crippen LogP contribution < -0.4 is 4.74 Å². The van der Waals surface area contributed by atoms with Crippen molar-refractivity contribution in [3.63, 3.8) is 0 Å². The van der Waals surface area contributed by atoms with E-state index in [4.69, 9.17) is 23.4 Å². The number of aromatic nitrogens is 1. The monoisotopic (exact) mass is 563 g/mol. The zero-order valence-corrected chi connectivity index (χ0v) is 22.3. The maximum Gasteiger partial charge on any atom is 0.416 e. The number of hydrogen-bond donors (Lipinski definition) is 1. The summed E-state index contributed by atoms with van der Waals surface area (Å²) >= 11 is 0. The van der Waals surface area contributed by atoms with Crippen LogP contribution in [0.3, 0.4) is 0 Å². The maximum atomic E-state index is 12.7. The van der Waals surface area contributed by atoms with Crippen molar-refractivity contribution < 1.29 is 46.4 Å². The molecule has 0 bridgehead atoms. The van der Waals surface area contributed by atoms with E-state index in [1.165, 1.54) is 12.1 Å². The molecule has 1 saturated carbocycles. The highest BCUT2D eigenvalue weighted by Crippen LogP contribution is 2.30. The van der Waals surface area contributed by atoms with Crippen LogP contribution in [0.15, 0.2) is 52.9 Å². The Morgan fingerprint density at radius 1 is 1.10 bits per heavy atom. The average Bonchev–Trinajstić information content (AvgIpc) is 3.32. The van der Waals surface area contributed by atoms with Crippen LogP contribution in [0.2, 0.25) is 0 Å². The minimum absolute atomic E-state index is 0.0912. The number of ether oxygens (including phenoxy) is 4. The molecule has 1 aromatic heterocycles. The highest BCUT2D eigenvalue weighted by molar-refractivity contribution is 5.72. The third-order valence-corrected chi connectivity index (χ3v) is 6.73. The number of carbonyl (C=O) groups is 1. The Kier molecular flexibility index (Phi) is 9.83. The molecule has 3 atom stereocenters. The molecule has 0 amide bonds. The van der Waals surface area contributed by atoms with Crippen molar-refractivity contribution in [3.05, 3.63) is 71.1 Å². The molecule has 0 spiro atoms. The van der Waals surface area contributed by atoms with E-state index < -0.39 is 23.8 Å². The average molecular weight is 564 g/mol. The van der Waals surface area contributed by atoms with Gasteiger partial charge in [-0.1, -0.05) is 18.2 Å². The SMILES string of the molecule is COc1cccc(-c2nc(CO[C@H]3CCC[C@@H](OC[C@@H](OCc4ccc(C(F)(F)F)cc4)C(=O)O)C3)c(C)o2)c1. The maximum absolute atomic E-state index is 12.7. The van der Waals surface area contributed by atoms with Crippen LogP contribution in [-0.2, 0) is 38.4 Å². The molecule has 3 aromatic rings. The van der Waals surface area contributed by atoms with Gasteiger partial charge in [-0.25, -0.2) is 9.78 Å². The van der Waals surface area contributed by atoms with Crippen molar-refractivity contribution in [2.75, 3.05) is 13.7 Å². The van der Waals surface area contributed by atoms with Crippen LogP contribution >= 0.6 is 0 Å². The standard InChI is InChI=1S/C29H32F3NO7/c1-18-25(33-27(40-18)20-5-3-6-22(13-20)36-2)16-37-23-7-4-8-24(14-23)38-17-26(28(34)35)39-15-19-9-11-21(12-10-19)29(30,31)32/h3,5-6,9-13,23-24,26H,4,7-8,14-17H2,1-2H3,(H,34,35)/t23-,24+,26+/m0/s1. The normalized spacial score (nSPS) is 18.4. The van der Waals surface area contributed by atoms with E-state index in [0.29, 0.717) is 35.1 Å². The van der Waals surface area contributed by atoms with Crippen LogP contribution in [0.5, 0.6) is 5.75 Å². The second-order valence-corrected chi connectivity index (χ2v) is 9.64. The molecule has 1 N–H and O–H groups in total. The van der Waals surface area contributed by atoms with E-state index in [1.807, 2.05) is 31.2 Å². The first-order valence-corrected chi connectivity index (χ1v) is 13.0. The van der Waals surface area contributed by atoms with Gasteiger partial charge in [0.05, 0.1) is 44.7 Å².